The highest BCUT2D eigenvalue weighted by Gasteiger charge is 2.12. The first kappa shape index (κ1) is 14.1. The van der Waals surface area contributed by atoms with E-state index in [0.29, 0.717) is 5.56 Å². The van der Waals surface area contributed by atoms with Crippen LogP contribution in [0.4, 0.5) is 4.39 Å². The van der Waals surface area contributed by atoms with Crippen molar-refractivity contribution in [1.29, 1.82) is 0 Å². The first-order valence-corrected chi connectivity index (χ1v) is 6.04. The number of hydrogen-bond donors (Lipinski definition) is 1. The summed E-state index contributed by atoms with van der Waals surface area (Å²) in [5.74, 6) is -0.145. The van der Waals surface area contributed by atoms with Gasteiger partial charge in [0.15, 0.2) is 0 Å². The van der Waals surface area contributed by atoms with E-state index in [0.717, 1.165) is 18.4 Å². The zero-order valence-corrected chi connectivity index (χ0v) is 11.1. The first-order chi connectivity index (χ1) is 8.08. The molecule has 0 fully saturated rings. The highest BCUT2D eigenvalue weighted by Crippen LogP contribution is 2.21. The fraction of sp³-hybridized carbons (Fsp3) is 0.571. The molecule has 0 aliphatic heterocycles. The summed E-state index contributed by atoms with van der Waals surface area (Å²) in [5.41, 5.74) is 1.83. The Kier molecular flexibility index (Phi) is 5.59. The van der Waals surface area contributed by atoms with Crippen LogP contribution in [-0.4, -0.2) is 20.3 Å². The molecule has 2 nitrogen and oxygen atoms in total. The minimum atomic E-state index is -0.145. The molecule has 2 atom stereocenters. The molecule has 0 spiro atoms. The van der Waals surface area contributed by atoms with Gasteiger partial charge in [-0.25, -0.2) is 4.39 Å². The van der Waals surface area contributed by atoms with Crippen molar-refractivity contribution in [1.82, 2.24) is 5.32 Å². The standard InChI is InChI=1S/C14H22FNO/c1-10-9-12(6-7-13(10)15)14(16-3)8-5-11(2)17-4/h6-7,9,11,14,16H,5,8H2,1-4H3. The number of methoxy groups -OCH3 is 1. The van der Waals surface area contributed by atoms with Gasteiger partial charge in [-0.15, -0.1) is 0 Å². The van der Waals surface area contributed by atoms with Gasteiger partial charge in [-0.05, 0) is 50.9 Å². The topological polar surface area (TPSA) is 21.3 Å². The van der Waals surface area contributed by atoms with Crippen LogP contribution in [0.1, 0.15) is 36.9 Å². The molecule has 0 aromatic heterocycles. The summed E-state index contributed by atoms with van der Waals surface area (Å²) >= 11 is 0. The smallest absolute Gasteiger partial charge is 0.126 e. The Morgan fingerprint density at radius 2 is 2.06 bits per heavy atom. The predicted octanol–water partition coefficient (Wildman–Crippen LogP) is 3.21. The van der Waals surface area contributed by atoms with Gasteiger partial charge in [0.05, 0.1) is 6.10 Å². The fourth-order valence-electron chi connectivity index (χ4n) is 1.88. The minimum absolute atomic E-state index is 0.145. The molecule has 0 heterocycles. The third-order valence-electron chi connectivity index (χ3n) is 3.20. The molecule has 1 aromatic carbocycles. The molecule has 0 amide bonds. The maximum atomic E-state index is 13.2. The summed E-state index contributed by atoms with van der Waals surface area (Å²) in [6.07, 6.45) is 2.22. The van der Waals surface area contributed by atoms with Crippen LogP contribution < -0.4 is 5.32 Å². The van der Waals surface area contributed by atoms with Gasteiger partial charge >= 0.3 is 0 Å². The number of aryl methyl sites for hydroxylation is 1. The van der Waals surface area contributed by atoms with Crippen molar-refractivity contribution < 1.29 is 9.13 Å². The average molecular weight is 239 g/mol. The zero-order chi connectivity index (χ0) is 12.8. The summed E-state index contributed by atoms with van der Waals surface area (Å²) in [6, 6.07) is 5.55. The molecular weight excluding hydrogens is 217 g/mol. The van der Waals surface area contributed by atoms with E-state index in [1.807, 2.05) is 19.2 Å². The van der Waals surface area contributed by atoms with Crippen molar-refractivity contribution >= 4 is 0 Å². The maximum Gasteiger partial charge on any atom is 0.126 e. The molecule has 0 aliphatic rings. The van der Waals surface area contributed by atoms with Crippen LogP contribution >= 0.6 is 0 Å². The lowest BCUT2D eigenvalue weighted by Gasteiger charge is -2.19. The van der Waals surface area contributed by atoms with Gasteiger partial charge in [-0.1, -0.05) is 12.1 Å². The molecule has 0 saturated carbocycles. The number of rotatable bonds is 6. The molecule has 1 N–H and O–H groups in total. The largest absolute Gasteiger partial charge is 0.382 e. The van der Waals surface area contributed by atoms with Gasteiger partial charge in [0.2, 0.25) is 0 Å². The van der Waals surface area contributed by atoms with Crippen LogP contribution in [0.5, 0.6) is 0 Å². The Morgan fingerprint density at radius 3 is 2.59 bits per heavy atom. The third kappa shape index (κ3) is 4.10. The van der Waals surface area contributed by atoms with E-state index in [1.54, 1.807) is 14.0 Å². The first-order valence-electron chi connectivity index (χ1n) is 6.04. The van der Waals surface area contributed by atoms with E-state index < -0.39 is 0 Å². The van der Waals surface area contributed by atoms with Crippen LogP contribution in [0, 0.1) is 12.7 Å². The van der Waals surface area contributed by atoms with Gasteiger partial charge in [0.25, 0.3) is 0 Å². The van der Waals surface area contributed by atoms with E-state index in [-0.39, 0.29) is 18.0 Å². The van der Waals surface area contributed by atoms with Crippen LogP contribution in [0.2, 0.25) is 0 Å². The average Bonchev–Trinajstić information content (AvgIpc) is 2.33. The molecule has 3 heteroatoms. The molecule has 17 heavy (non-hydrogen) atoms. The zero-order valence-electron chi connectivity index (χ0n) is 11.1. The van der Waals surface area contributed by atoms with Gasteiger partial charge in [0.1, 0.15) is 5.82 Å². The lowest BCUT2D eigenvalue weighted by atomic mass is 9.99. The molecule has 0 saturated heterocycles. The molecule has 2 unspecified atom stereocenters. The molecule has 0 aliphatic carbocycles. The van der Waals surface area contributed by atoms with Crippen LogP contribution in [0.25, 0.3) is 0 Å². The Balaban J connectivity index is 2.69. The van der Waals surface area contributed by atoms with E-state index in [1.165, 1.54) is 6.07 Å². The fourth-order valence-corrected chi connectivity index (χ4v) is 1.88. The highest BCUT2D eigenvalue weighted by atomic mass is 19.1. The second-order valence-electron chi connectivity index (χ2n) is 4.47. The normalized spacial score (nSPS) is 14.6. The van der Waals surface area contributed by atoms with Crippen LogP contribution in [0.3, 0.4) is 0 Å². The lowest BCUT2D eigenvalue weighted by Crippen LogP contribution is -2.18. The Hall–Kier alpha value is -0.930. The van der Waals surface area contributed by atoms with Gasteiger partial charge in [0, 0.05) is 13.2 Å². The predicted molar refractivity (Wildman–Crippen MR) is 68.6 cm³/mol. The third-order valence-corrected chi connectivity index (χ3v) is 3.20. The Bertz CT molecular complexity index is 354. The van der Waals surface area contributed by atoms with Gasteiger partial charge < -0.3 is 10.1 Å². The number of ether oxygens (including phenoxy) is 1. The summed E-state index contributed by atoms with van der Waals surface area (Å²) in [6.45, 7) is 3.85. The summed E-state index contributed by atoms with van der Waals surface area (Å²) in [5, 5.41) is 3.27. The molecule has 0 bridgehead atoms. The maximum absolute atomic E-state index is 13.2. The number of halogens is 1. The monoisotopic (exact) mass is 239 g/mol. The van der Waals surface area contributed by atoms with Gasteiger partial charge in [-0.2, -0.15) is 0 Å². The number of nitrogens with one attached hydrogen (secondary N) is 1. The molecule has 1 rings (SSSR count). The molecular formula is C14H22FNO. The van der Waals surface area contributed by atoms with E-state index in [4.69, 9.17) is 4.74 Å². The number of benzene rings is 1. The quantitative estimate of drug-likeness (QED) is 0.823. The second kappa shape index (κ2) is 6.72. The Morgan fingerprint density at radius 1 is 1.35 bits per heavy atom. The number of hydrogen-bond acceptors (Lipinski definition) is 2. The van der Waals surface area contributed by atoms with E-state index in [2.05, 4.69) is 12.2 Å². The van der Waals surface area contributed by atoms with Crippen molar-refractivity contribution in [3.63, 3.8) is 0 Å². The van der Waals surface area contributed by atoms with Crippen molar-refractivity contribution in [2.45, 2.75) is 38.8 Å². The summed E-state index contributed by atoms with van der Waals surface area (Å²) in [4.78, 5) is 0. The van der Waals surface area contributed by atoms with Crippen molar-refractivity contribution in [3.8, 4) is 0 Å². The van der Waals surface area contributed by atoms with E-state index >= 15 is 0 Å². The SMILES string of the molecule is CNC(CCC(C)OC)c1ccc(F)c(C)c1. The molecule has 96 valence electrons. The lowest BCUT2D eigenvalue weighted by molar-refractivity contribution is 0.106. The Labute approximate surface area is 103 Å². The van der Waals surface area contributed by atoms with Gasteiger partial charge in [-0.3, -0.25) is 0 Å². The summed E-state index contributed by atoms with van der Waals surface area (Å²) in [7, 11) is 3.65. The van der Waals surface area contributed by atoms with Crippen molar-refractivity contribution in [3.05, 3.63) is 35.1 Å². The summed E-state index contributed by atoms with van der Waals surface area (Å²) < 4.78 is 18.4. The van der Waals surface area contributed by atoms with Crippen LogP contribution in [-0.2, 0) is 4.74 Å². The minimum Gasteiger partial charge on any atom is -0.382 e. The van der Waals surface area contributed by atoms with Crippen molar-refractivity contribution in [2.24, 2.45) is 0 Å². The van der Waals surface area contributed by atoms with Crippen LogP contribution in [0.15, 0.2) is 18.2 Å². The highest BCUT2D eigenvalue weighted by molar-refractivity contribution is 5.26. The van der Waals surface area contributed by atoms with Crippen molar-refractivity contribution in [2.75, 3.05) is 14.2 Å². The van der Waals surface area contributed by atoms with E-state index in [9.17, 15) is 4.39 Å². The molecule has 0 radical (unpaired) electrons. The molecule has 1 aromatic rings. The second-order valence-corrected chi connectivity index (χ2v) is 4.47.